The minimum Gasteiger partial charge on any atom is -0.367 e. The van der Waals surface area contributed by atoms with Crippen LogP contribution in [0.25, 0.3) is 0 Å². The molecule has 0 unspecified atom stereocenters. The van der Waals surface area contributed by atoms with Gasteiger partial charge in [0.1, 0.15) is 5.82 Å². The van der Waals surface area contributed by atoms with Crippen molar-refractivity contribution < 1.29 is 14.0 Å². The third-order valence-corrected chi connectivity index (χ3v) is 6.64. The first kappa shape index (κ1) is 23.4. The van der Waals surface area contributed by atoms with Crippen LogP contribution in [-0.2, 0) is 11.3 Å². The lowest BCUT2D eigenvalue weighted by atomic mass is 10.1. The Morgan fingerprint density at radius 3 is 2.21 bits per heavy atom. The number of ketones is 1. The second kappa shape index (κ2) is 10.4. The molecule has 2 aromatic carbocycles. The molecule has 7 heteroatoms. The number of nitrogens with zero attached hydrogens (tertiary/aromatic N) is 4. The monoisotopic (exact) mass is 452 g/mol. The van der Waals surface area contributed by atoms with Crippen molar-refractivity contribution in [3.05, 3.63) is 65.0 Å². The van der Waals surface area contributed by atoms with Gasteiger partial charge < -0.3 is 9.80 Å². The zero-order chi connectivity index (χ0) is 23.4. The summed E-state index contributed by atoms with van der Waals surface area (Å²) in [7, 11) is 0. The molecule has 0 spiro atoms. The Morgan fingerprint density at radius 1 is 0.879 bits per heavy atom. The zero-order valence-electron chi connectivity index (χ0n) is 19.6. The SMILES string of the molecule is CC(=O)c1ccc(N2CCN(CC(=O)N3CCN(Cc4cccc(C)c4)CC3)CC2)c(F)c1. The normalized spacial score (nSPS) is 17.9. The van der Waals surface area contributed by atoms with Crippen LogP contribution in [0.5, 0.6) is 0 Å². The van der Waals surface area contributed by atoms with Crippen LogP contribution >= 0.6 is 0 Å². The standard InChI is InChI=1S/C26H33FN4O2/c1-20-4-3-5-22(16-20)18-28-10-14-31(15-11-28)26(33)19-29-8-12-30(13-9-29)25-7-6-23(21(2)32)17-24(25)27/h3-7,16-17H,8-15,18-19H2,1-2H3. The van der Waals surface area contributed by atoms with E-state index in [0.29, 0.717) is 44.0 Å². The van der Waals surface area contributed by atoms with E-state index >= 15 is 0 Å². The lowest BCUT2D eigenvalue weighted by Crippen LogP contribution is -2.53. The number of amides is 1. The van der Waals surface area contributed by atoms with E-state index in [9.17, 15) is 14.0 Å². The molecule has 33 heavy (non-hydrogen) atoms. The number of Topliss-reactive ketones (excluding diaryl/α,β-unsaturated/α-hetero) is 1. The molecule has 0 radical (unpaired) electrons. The fourth-order valence-corrected chi connectivity index (χ4v) is 4.64. The average molecular weight is 453 g/mol. The number of carbonyl (C=O) groups excluding carboxylic acids is 2. The Hall–Kier alpha value is -2.77. The van der Waals surface area contributed by atoms with Crippen molar-refractivity contribution in [2.75, 3.05) is 63.8 Å². The minimum absolute atomic E-state index is 0.139. The van der Waals surface area contributed by atoms with Crippen molar-refractivity contribution in [2.45, 2.75) is 20.4 Å². The maximum atomic E-state index is 14.5. The minimum atomic E-state index is -0.365. The molecule has 2 heterocycles. The van der Waals surface area contributed by atoms with Crippen molar-refractivity contribution in [3.8, 4) is 0 Å². The summed E-state index contributed by atoms with van der Waals surface area (Å²) in [5, 5.41) is 0. The zero-order valence-corrected chi connectivity index (χ0v) is 19.6. The van der Waals surface area contributed by atoms with E-state index in [2.05, 4.69) is 41.0 Å². The number of piperazine rings is 2. The van der Waals surface area contributed by atoms with Crippen LogP contribution in [0.2, 0.25) is 0 Å². The molecule has 4 rings (SSSR count). The molecular weight excluding hydrogens is 419 g/mol. The molecule has 2 fully saturated rings. The van der Waals surface area contributed by atoms with E-state index in [4.69, 9.17) is 0 Å². The number of anilines is 1. The summed E-state index contributed by atoms with van der Waals surface area (Å²) in [5.74, 6) is -0.328. The summed E-state index contributed by atoms with van der Waals surface area (Å²) in [5.41, 5.74) is 3.51. The molecular formula is C26H33FN4O2. The van der Waals surface area contributed by atoms with Crippen LogP contribution in [0, 0.1) is 12.7 Å². The summed E-state index contributed by atoms with van der Waals surface area (Å²) < 4.78 is 14.5. The van der Waals surface area contributed by atoms with E-state index in [1.807, 2.05) is 9.80 Å². The number of rotatable bonds is 6. The molecule has 0 atom stereocenters. The first-order chi connectivity index (χ1) is 15.9. The van der Waals surface area contributed by atoms with Gasteiger partial charge in [-0.2, -0.15) is 0 Å². The predicted octanol–water partition coefficient (Wildman–Crippen LogP) is 2.80. The molecule has 2 aromatic rings. The van der Waals surface area contributed by atoms with Crippen molar-refractivity contribution in [3.63, 3.8) is 0 Å². The molecule has 176 valence electrons. The highest BCUT2D eigenvalue weighted by molar-refractivity contribution is 5.94. The van der Waals surface area contributed by atoms with Crippen molar-refractivity contribution in [2.24, 2.45) is 0 Å². The number of aryl methyl sites for hydroxylation is 1. The van der Waals surface area contributed by atoms with Gasteiger partial charge in [-0.15, -0.1) is 0 Å². The summed E-state index contributed by atoms with van der Waals surface area (Å²) in [4.78, 5) is 32.8. The predicted molar refractivity (Wildman–Crippen MR) is 128 cm³/mol. The van der Waals surface area contributed by atoms with Gasteiger partial charge >= 0.3 is 0 Å². The van der Waals surface area contributed by atoms with Gasteiger partial charge in [-0.05, 0) is 37.6 Å². The Bertz CT molecular complexity index is 996. The number of benzene rings is 2. The van der Waals surface area contributed by atoms with Crippen LogP contribution in [0.1, 0.15) is 28.4 Å². The van der Waals surface area contributed by atoms with E-state index < -0.39 is 0 Å². The Kier molecular flexibility index (Phi) is 7.40. The lowest BCUT2D eigenvalue weighted by Gasteiger charge is -2.38. The second-order valence-corrected chi connectivity index (χ2v) is 9.13. The Labute approximate surface area is 195 Å². The van der Waals surface area contributed by atoms with Crippen molar-refractivity contribution >= 4 is 17.4 Å². The molecule has 0 N–H and O–H groups in total. The van der Waals surface area contributed by atoms with Gasteiger partial charge in [-0.1, -0.05) is 29.8 Å². The maximum Gasteiger partial charge on any atom is 0.236 e. The molecule has 2 saturated heterocycles. The van der Waals surface area contributed by atoms with Gasteiger partial charge in [-0.25, -0.2) is 4.39 Å². The maximum absolute atomic E-state index is 14.5. The third kappa shape index (κ3) is 5.97. The number of hydrogen-bond donors (Lipinski definition) is 0. The Morgan fingerprint density at radius 2 is 1.58 bits per heavy atom. The highest BCUT2D eigenvalue weighted by Crippen LogP contribution is 2.22. The molecule has 0 saturated carbocycles. The molecule has 6 nitrogen and oxygen atoms in total. The van der Waals surface area contributed by atoms with Crippen LogP contribution in [-0.4, -0.2) is 85.3 Å². The number of halogens is 1. The highest BCUT2D eigenvalue weighted by atomic mass is 19.1. The first-order valence-corrected chi connectivity index (χ1v) is 11.7. The van der Waals surface area contributed by atoms with E-state index in [0.717, 1.165) is 32.7 Å². The summed E-state index contributed by atoms with van der Waals surface area (Å²) in [6, 6.07) is 13.3. The van der Waals surface area contributed by atoms with E-state index in [1.54, 1.807) is 12.1 Å². The van der Waals surface area contributed by atoms with Crippen LogP contribution in [0.3, 0.4) is 0 Å². The largest absolute Gasteiger partial charge is 0.367 e. The van der Waals surface area contributed by atoms with Crippen molar-refractivity contribution in [1.82, 2.24) is 14.7 Å². The van der Waals surface area contributed by atoms with E-state index in [-0.39, 0.29) is 17.5 Å². The summed E-state index contributed by atoms with van der Waals surface area (Å²) in [6.45, 7) is 11.0. The quantitative estimate of drug-likeness (QED) is 0.631. The van der Waals surface area contributed by atoms with Gasteiger partial charge in [0, 0.05) is 64.5 Å². The molecule has 0 aliphatic carbocycles. The molecule has 1 amide bonds. The first-order valence-electron chi connectivity index (χ1n) is 11.7. The molecule has 0 aromatic heterocycles. The van der Waals surface area contributed by atoms with Crippen LogP contribution in [0.4, 0.5) is 10.1 Å². The molecule has 2 aliphatic heterocycles. The molecule has 0 bridgehead atoms. The van der Waals surface area contributed by atoms with Crippen molar-refractivity contribution in [1.29, 1.82) is 0 Å². The average Bonchev–Trinajstić information content (AvgIpc) is 2.80. The fraction of sp³-hybridized carbons (Fsp3) is 0.462. The third-order valence-electron chi connectivity index (χ3n) is 6.64. The van der Waals surface area contributed by atoms with Gasteiger partial charge in [-0.3, -0.25) is 19.4 Å². The lowest BCUT2D eigenvalue weighted by molar-refractivity contribution is -0.134. The topological polar surface area (TPSA) is 47.1 Å². The van der Waals surface area contributed by atoms with Gasteiger partial charge in [0.25, 0.3) is 0 Å². The van der Waals surface area contributed by atoms with Crippen LogP contribution < -0.4 is 4.90 Å². The van der Waals surface area contributed by atoms with Gasteiger partial charge in [0.15, 0.2) is 5.78 Å². The summed E-state index contributed by atoms with van der Waals surface area (Å²) >= 11 is 0. The summed E-state index contributed by atoms with van der Waals surface area (Å²) in [6.07, 6.45) is 0. The fourth-order valence-electron chi connectivity index (χ4n) is 4.64. The highest BCUT2D eigenvalue weighted by Gasteiger charge is 2.25. The smallest absolute Gasteiger partial charge is 0.236 e. The Balaban J connectivity index is 1.22. The molecule has 2 aliphatic rings. The number of carbonyl (C=O) groups is 2. The van der Waals surface area contributed by atoms with E-state index in [1.165, 1.54) is 24.1 Å². The van der Waals surface area contributed by atoms with Gasteiger partial charge in [0.05, 0.1) is 12.2 Å². The second-order valence-electron chi connectivity index (χ2n) is 9.13. The van der Waals surface area contributed by atoms with Crippen LogP contribution in [0.15, 0.2) is 42.5 Å². The number of hydrogen-bond acceptors (Lipinski definition) is 5. The van der Waals surface area contributed by atoms with Gasteiger partial charge in [0.2, 0.25) is 5.91 Å².